The van der Waals surface area contributed by atoms with E-state index in [9.17, 15) is 4.39 Å². The van der Waals surface area contributed by atoms with Gasteiger partial charge in [0.2, 0.25) is 0 Å². The molecule has 0 heterocycles. The Hall–Kier alpha value is -1.05. The number of aryl methyl sites for hydroxylation is 1. The van der Waals surface area contributed by atoms with E-state index >= 15 is 0 Å². The molecule has 0 aromatic heterocycles. The summed E-state index contributed by atoms with van der Waals surface area (Å²) in [6, 6.07) is 8.12. The maximum absolute atomic E-state index is 13.9. The zero-order chi connectivity index (χ0) is 11.1. The van der Waals surface area contributed by atoms with Crippen molar-refractivity contribution in [2.45, 2.75) is 44.8 Å². The molecule has 1 nitrogen and oxygen atoms in total. The third-order valence-electron chi connectivity index (χ3n) is 3.32. The zero-order valence-corrected chi connectivity index (χ0v) is 9.60. The van der Waals surface area contributed by atoms with Crippen LogP contribution in [0.4, 0.5) is 10.1 Å². The Bertz CT molecular complexity index is 344. The molecule has 1 aliphatic rings. The minimum atomic E-state index is -1.15. The SMILES string of the molecule is Cc1ccc(NC2(C(C)(C)F)CC2)cc1. The lowest BCUT2D eigenvalue weighted by atomic mass is 9.98. The molecule has 2 rings (SSSR count). The third kappa shape index (κ3) is 1.99. The van der Waals surface area contributed by atoms with Gasteiger partial charge in [0.05, 0.1) is 5.54 Å². The van der Waals surface area contributed by atoms with Crippen LogP contribution in [0.1, 0.15) is 32.3 Å². The van der Waals surface area contributed by atoms with Gasteiger partial charge >= 0.3 is 0 Å². The van der Waals surface area contributed by atoms with Crippen molar-refractivity contribution in [2.24, 2.45) is 0 Å². The van der Waals surface area contributed by atoms with Crippen LogP contribution in [0.2, 0.25) is 0 Å². The van der Waals surface area contributed by atoms with E-state index in [1.54, 1.807) is 13.8 Å². The average Bonchev–Trinajstić information content (AvgIpc) is 2.89. The summed E-state index contributed by atoms with van der Waals surface area (Å²) < 4.78 is 13.9. The maximum atomic E-state index is 13.9. The van der Waals surface area contributed by atoms with Gasteiger partial charge in [-0.1, -0.05) is 17.7 Å². The number of halogens is 1. The summed E-state index contributed by atoms with van der Waals surface area (Å²) in [6.07, 6.45) is 1.84. The van der Waals surface area contributed by atoms with Crippen molar-refractivity contribution < 1.29 is 4.39 Å². The number of nitrogens with one attached hydrogen (secondary N) is 1. The molecule has 1 aliphatic carbocycles. The Labute approximate surface area is 90.7 Å². The first kappa shape index (κ1) is 10.5. The Kier molecular flexibility index (Phi) is 2.25. The number of hydrogen-bond donors (Lipinski definition) is 1. The Balaban J connectivity index is 2.13. The average molecular weight is 207 g/mol. The van der Waals surface area contributed by atoms with Crippen molar-refractivity contribution in [3.05, 3.63) is 29.8 Å². The highest BCUT2D eigenvalue weighted by molar-refractivity contribution is 5.49. The quantitative estimate of drug-likeness (QED) is 0.797. The Morgan fingerprint density at radius 1 is 1.20 bits per heavy atom. The van der Waals surface area contributed by atoms with E-state index in [1.165, 1.54) is 5.56 Å². The van der Waals surface area contributed by atoms with E-state index in [0.29, 0.717) is 0 Å². The van der Waals surface area contributed by atoms with Gasteiger partial charge < -0.3 is 5.32 Å². The molecule has 0 bridgehead atoms. The van der Waals surface area contributed by atoms with Gasteiger partial charge in [0.15, 0.2) is 0 Å². The van der Waals surface area contributed by atoms with E-state index in [1.807, 2.05) is 24.3 Å². The molecule has 1 fully saturated rings. The second-order valence-electron chi connectivity index (χ2n) is 5.05. The van der Waals surface area contributed by atoms with Crippen molar-refractivity contribution >= 4 is 5.69 Å². The van der Waals surface area contributed by atoms with Gasteiger partial charge in [-0.25, -0.2) is 4.39 Å². The van der Waals surface area contributed by atoms with Crippen LogP contribution in [-0.4, -0.2) is 11.2 Å². The van der Waals surface area contributed by atoms with Gasteiger partial charge in [0.25, 0.3) is 0 Å². The van der Waals surface area contributed by atoms with E-state index < -0.39 is 5.67 Å². The summed E-state index contributed by atoms with van der Waals surface area (Å²) in [5, 5.41) is 3.32. The van der Waals surface area contributed by atoms with Crippen LogP contribution < -0.4 is 5.32 Å². The summed E-state index contributed by atoms with van der Waals surface area (Å²) >= 11 is 0. The molecule has 2 heteroatoms. The molecular formula is C13H18FN. The molecule has 0 spiro atoms. The van der Waals surface area contributed by atoms with Crippen molar-refractivity contribution in [2.75, 3.05) is 5.32 Å². The van der Waals surface area contributed by atoms with Gasteiger partial charge in [0.1, 0.15) is 5.67 Å². The molecule has 1 aromatic rings. The number of benzene rings is 1. The molecule has 1 N–H and O–H groups in total. The van der Waals surface area contributed by atoms with Crippen LogP contribution in [0.5, 0.6) is 0 Å². The fraction of sp³-hybridized carbons (Fsp3) is 0.538. The largest absolute Gasteiger partial charge is 0.376 e. The van der Waals surface area contributed by atoms with Crippen molar-refractivity contribution in [3.63, 3.8) is 0 Å². The topological polar surface area (TPSA) is 12.0 Å². The second-order valence-corrected chi connectivity index (χ2v) is 5.05. The van der Waals surface area contributed by atoms with Crippen LogP contribution in [0.25, 0.3) is 0 Å². The minimum Gasteiger partial charge on any atom is -0.376 e. The number of rotatable bonds is 3. The van der Waals surface area contributed by atoms with E-state index in [4.69, 9.17) is 0 Å². The van der Waals surface area contributed by atoms with E-state index in [0.717, 1.165) is 18.5 Å². The van der Waals surface area contributed by atoms with Crippen LogP contribution in [0, 0.1) is 6.92 Å². The molecule has 1 saturated carbocycles. The minimum absolute atomic E-state index is 0.331. The van der Waals surface area contributed by atoms with Crippen molar-refractivity contribution in [1.82, 2.24) is 0 Å². The first-order valence-electron chi connectivity index (χ1n) is 5.47. The Morgan fingerprint density at radius 3 is 2.13 bits per heavy atom. The molecular weight excluding hydrogens is 189 g/mol. The third-order valence-corrected chi connectivity index (χ3v) is 3.32. The summed E-state index contributed by atoms with van der Waals surface area (Å²) in [4.78, 5) is 0. The predicted molar refractivity (Wildman–Crippen MR) is 62.0 cm³/mol. The van der Waals surface area contributed by atoms with Gasteiger partial charge in [0, 0.05) is 5.69 Å². The second kappa shape index (κ2) is 3.22. The maximum Gasteiger partial charge on any atom is 0.128 e. The fourth-order valence-corrected chi connectivity index (χ4v) is 1.91. The molecule has 0 saturated heterocycles. The number of anilines is 1. The monoisotopic (exact) mass is 207 g/mol. The molecule has 0 unspecified atom stereocenters. The smallest absolute Gasteiger partial charge is 0.128 e. The van der Waals surface area contributed by atoms with Crippen molar-refractivity contribution in [1.29, 1.82) is 0 Å². The standard InChI is InChI=1S/C13H18FN/c1-10-4-6-11(7-5-10)15-13(8-9-13)12(2,3)14/h4-7,15H,8-9H2,1-3H3. The summed E-state index contributed by atoms with van der Waals surface area (Å²) in [6.45, 7) is 5.36. The van der Waals surface area contributed by atoms with Crippen LogP contribution in [0.3, 0.4) is 0 Å². The van der Waals surface area contributed by atoms with Gasteiger partial charge in [-0.15, -0.1) is 0 Å². The molecule has 1 aromatic carbocycles. The molecule has 0 radical (unpaired) electrons. The first-order chi connectivity index (χ1) is 6.93. The lowest BCUT2D eigenvalue weighted by Gasteiger charge is -2.29. The van der Waals surface area contributed by atoms with Crippen LogP contribution >= 0.6 is 0 Å². The van der Waals surface area contributed by atoms with E-state index in [-0.39, 0.29) is 5.54 Å². The Morgan fingerprint density at radius 2 is 1.73 bits per heavy atom. The lowest BCUT2D eigenvalue weighted by Crippen LogP contribution is -2.40. The fourth-order valence-electron chi connectivity index (χ4n) is 1.91. The van der Waals surface area contributed by atoms with Crippen LogP contribution in [-0.2, 0) is 0 Å². The van der Waals surface area contributed by atoms with Gasteiger partial charge in [-0.05, 0) is 45.7 Å². The first-order valence-corrected chi connectivity index (χ1v) is 5.47. The summed E-state index contributed by atoms with van der Waals surface area (Å²) in [5.74, 6) is 0. The van der Waals surface area contributed by atoms with Crippen LogP contribution in [0.15, 0.2) is 24.3 Å². The highest BCUT2D eigenvalue weighted by atomic mass is 19.1. The predicted octanol–water partition coefficient (Wildman–Crippen LogP) is 3.69. The summed E-state index contributed by atoms with van der Waals surface area (Å²) in [7, 11) is 0. The molecule has 0 aliphatic heterocycles. The molecule has 0 amide bonds. The van der Waals surface area contributed by atoms with Gasteiger partial charge in [-0.3, -0.25) is 0 Å². The number of hydrogen-bond acceptors (Lipinski definition) is 1. The highest BCUT2D eigenvalue weighted by Gasteiger charge is 2.55. The van der Waals surface area contributed by atoms with E-state index in [2.05, 4.69) is 12.2 Å². The lowest BCUT2D eigenvalue weighted by molar-refractivity contribution is 0.171. The van der Waals surface area contributed by atoms with Gasteiger partial charge in [-0.2, -0.15) is 0 Å². The summed E-state index contributed by atoms with van der Waals surface area (Å²) in [5.41, 5.74) is 0.758. The number of alkyl halides is 1. The van der Waals surface area contributed by atoms with Crippen molar-refractivity contribution in [3.8, 4) is 0 Å². The normalized spacial score (nSPS) is 18.7. The zero-order valence-electron chi connectivity index (χ0n) is 9.60. The molecule has 15 heavy (non-hydrogen) atoms. The molecule has 0 atom stereocenters. The molecule has 82 valence electrons. The highest BCUT2D eigenvalue weighted by Crippen LogP contribution is 2.49.